The highest BCUT2D eigenvalue weighted by molar-refractivity contribution is 5.06. The van der Waals surface area contributed by atoms with Crippen LogP contribution in [0.4, 0.5) is 0 Å². The summed E-state index contributed by atoms with van der Waals surface area (Å²) < 4.78 is 13.0. The third-order valence-electron chi connectivity index (χ3n) is 3.81. The zero-order valence-electron chi connectivity index (χ0n) is 13.2. The zero-order valence-corrected chi connectivity index (χ0v) is 13.2. The Labute approximate surface area is 130 Å². The van der Waals surface area contributed by atoms with Crippen LogP contribution in [0, 0.1) is 0 Å². The molecule has 0 aromatic carbocycles. The summed E-state index contributed by atoms with van der Waals surface area (Å²) >= 11 is 0. The average Bonchev–Trinajstić information content (AvgIpc) is 3.13. The van der Waals surface area contributed by atoms with E-state index in [9.17, 15) is 0 Å². The fraction of sp³-hybridized carbons (Fsp3) is 0.600. The Morgan fingerprint density at radius 1 is 1.32 bits per heavy atom. The standard InChI is InChI=1S/C15H23N5O2/c1-18(2)6-8-22-12-15-17-16-14-10-19(4-5-20(14)15)9-13-3-7-21-11-13/h3,7,11H,4-6,8-10,12H2,1-2H3. The van der Waals surface area contributed by atoms with Gasteiger partial charge in [0.15, 0.2) is 5.82 Å². The maximum Gasteiger partial charge on any atom is 0.159 e. The Bertz CT molecular complexity index is 579. The highest BCUT2D eigenvalue weighted by atomic mass is 16.5. The first-order valence-corrected chi connectivity index (χ1v) is 7.59. The Morgan fingerprint density at radius 3 is 3.00 bits per heavy atom. The van der Waals surface area contributed by atoms with Gasteiger partial charge in [-0.15, -0.1) is 10.2 Å². The van der Waals surface area contributed by atoms with Crippen LogP contribution < -0.4 is 0 Å². The van der Waals surface area contributed by atoms with Crippen LogP contribution in [0.5, 0.6) is 0 Å². The Morgan fingerprint density at radius 2 is 2.23 bits per heavy atom. The van der Waals surface area contributed by atoms with Gasteiger partial charge in [-0.25, -0.2) is 0 Å². The van der Waals surface area contributed by atoms with Crippen molar-refractivity contribution in [1.29, 1.82) is 0 Å². The monoisotopic (exact) mass is 305 g/mol. The first-order chi connectivity index (χ1) is 10.7. The number of likely N-dealkylation sites (N-methyl/N-ethyl adjacent to an activating group) is 1. The minimum atomic E-state index is 0.530. The first-order valence-electron chi connectivity index (χ1n) is 7.59. The molecule has 3 heterocycles. The molecule has 0 bridgehead atoms. The molecule has 3 rings (SSSR count). The molecule has 0 fully saturated rings. The molecule has 120 valence electrons. The summed E-state index contributed by atoms with van der Waals surface area (Å²) in [6.07, 6.45) is 3.51. The van der Waals surface area contributed by atoms with E-state index in [1.54, 1.807) is 12.5 Å². The van der Waals surface area contributed by atoms with Gasteiger partial charge in [0.05, 0.1) is 25.7 Å². The van der Waals surface area contributed by atoms with Gasteiger partial charge in [-0.3, -0.25) is 4.90 Å². The molecule has 0 spiro atoms. The maximum atomic E-state index is 5.68. The van der Waals surface area contributed by atoms with Crippen molar-refractivity contribution in [3.05, 3.63) is 35.8 Å². The molecule has 2 aromatic heterocycles. The number of rotatable bonds is 7. The van der Waals surface area contributed by atoms with Gasteiger partial charge in [0.2, 0.25) is 0 Å². The van der Waals surface area contributed by atoms with Gasteiger partial charge in [0.1, 0.15) is 12.4 Å². The second kappa shape index (κ2) is 7.04. The van der Waals surface area contributed by atoms with Crippen LogP contribution in [0.2, 0.25) is 0 Å². The molecule has 0 unspecified atom stereocenters. The number of hydrogen-bond donors (Lipinski definition) is 0. The summed E-state index contributed by atoms with van der Waals surface area (Å²) in [4.78, 5) is 4.46. The predicted molar refractivity (Wildman–Crippen MR) is 81.1 cm³/mol. The molecule has 2 aromatic rings. The van der Waals surface area contributed by atoms with Gasteiger partial charge in [0.25, 0.3) is 0 Å². The van der Waals surface area contributed by atoms with Crippen LogP contribution in [0.1, 0.15) is 17.2 Å². The number of hydrogen-bond acceptors (Lipinski definition) is 6. The lowest BCUT2D eigenvalue weighted by Crippen LogP contribution is -2.34. The average molecular weight is 305 g/mol. The van der Waals surface area contributed by atoms with Crippen LogP contribution in [-0.2, 0) is 31.0 Å². The van der Waals surface area contributed by atoms with Crippen molar-refractivity contribution < 1.29 is 9.15 Å². The van der Waals surface area contributed by atoms with E-state index in [4.69, 9.17) is 9.15 Å². The van der Waals surface area contributed by atoms with Crippen molar-refractivity contribution in [2.45, 2.75) is 26.2 Å². The fourth-order valence-electron chi connectivity index (χ4n) is 2.56. The molecular formula is C15H23N5O2. The summed E-state index contributed by atoms with van der Waals surface area (Å²) in [5.41, 5.74) is 1.19. The Hall–Kier alpha value is -1.70. The lowest BCUT2D eigenvalue weighted by atomic mass is 10.2. The van der Waals surface area contributed by atoms with Gasteiger partial charge in [-0.2, -0.15) is 0 Å². The van der Waals surface area contributed by atoms with Gasteiger partial charge in [-0.05, 0) is 20.2 Å². The summed E-state index contributed by atoms with van der Waals surface area (Å²) in [5, 5.41) is 8.58. The lowest BCUT2D eigenvalue weighted by molar-refractivity contribution is 0.0961. The molecule has 1 aliphatic rings. The SMILES string of the molecule is CN(C)CCOCc1nnc2n1CCN(Cc1ccoc1)C2. The third-order valence-corrected chi connectivity index (χ3v) is 3.81. The van der Waals surface area contributed by atoms with Gasteiger partial charge >= 0.3 is 0 Å². The number of furan rings is 1. The Balaban J connectivity index is 1.53. The van der Waals surface area contributed by atoms with Gasteiger partial charge in [0, 0.05) is 31.7 Å². The molecule has 22 heavy (non-hydrogen) atoms. The van der Waals surface area contributed by atoms with Crippen molar-refractivity contribution in [2.75, 3.05) is 33.8 Å². The van der Waals surface area contributed by atoms with Crippen LogP contribution in [0.3, 0.4) is 0 Å². The largest absolute Gasteiger partial charge is 0.472 e. The molecule has 0 saturated carbocycles. The van der Waals surface area contributed by atoms with E-state index in [1.165, 1.54) is 5.56 Å². The second-order valence-electron chi connectivity index (χ2n) is 5.88. The van der Waals surface area contributed by atoms with Crippen molar-refractivity contribution >= 4 is 0 Å². The molecule has 7 heteroatoms. The Kier molecular flexibility index (Phi) is 4.87. The predicted octanol–water partition coefficient (Wildman–Crippen LogP) is 0.965. The van der Waals surface area contributed by atoms with E-state index in [-0.39, 0.29) is 0 Å². The van der Waals surface area contributed by atoms with Gasteiger partial charge in [-0.1, -0.05) is 0 Å². The van der Waals surface area contributed by atoms with E-state index in [2.05, 4.69) is 24.6 Å². The molecule has 0 aliphatic carbocycles. The molecule has 0 radical (unpaired) electrons. The fourth-order valence-corrected chi connectivity index (χ4v) is 2.56. The number of ether oxygens (including phenoxy) is 1. The highest BCUT2D eigenvalue weighted by Crippen LogP contribution is 2.16. The number of aromatic nitrogens is 3. The summed E-state index contributed by atoms with van der Waals surface area (Å²) in [7, 11) is 4.08. The van der Waals surface area contributed by atoms with Crippen LogP contribution >= 0.6 is 0 Å². The number of fused-ring (bicyclic) bond motifs is 1. The van der Waals surface area contributed by atoms with Crippen molar-refractivity contribution in [2.24, 2.45) is 0 Å². The van der Waals surface area contributed by atoms with Crippen molar-refractivity contribution in [3.63, 3.8) is 0 Å². The van der Waals surface area contributed by atoms with E-state index < -0.39 is 0 Å². The second-order valence-corrected chi connectivity index (χ2v) is 5.88. The molecule has 1 aliphatic heterocycles. The normalized spacial score (nSPS) is 15.4. The zero-order chi connectivity index (χ0) is 15.4. The van der Waals surface area contributed by atoms with Crippen LogP contribution in [0.25, 0.3) is 0 Å². The van der Waals surface area contributed by atoms with Crippen molar-refractivity contribution in [3.8, 4) is 0 Å². The maximum absolute atomic E-state index is 5.68. The smallest absolute Gasteiger partial charge is 0.159 e. The van der Waals surface area contributed by atoms with Crippen LogP contribution in [0.15, 0.2) is 23.0 Å². The van der Waals surface area contributed by atoms with Crippen LogP contribution in [-0.4, -0.2) is 58.4 Å². The van der Waals surface area contributed by atoms with E-state index in [0.717, 1.165) is 44.4 Å². The molecule has 0 saturated heterocycles. The van der Waals surface area contributed by atoms with E-state index in [0.29, 0.717) is 13.2 Å². The topological polar surface area (TPSA) is 59.6 Å². The molecule has 0 N–H and O–H groups in total. The third kappa shape index (κ3) is 3.73. The highest BCUT2D eigenvalue weighted by Gasteiger charge is 2.21. The summed E-state index contributed by atoms with van der Waals surface area (Å²) in [6, 6.07) is 2.00. The molecule has 0 amide bonds. The minimum absolute atomic E-state index is 0.530. The molecule has 7 nitrogen and oxygen atoms in total. The summed E-state index contributed by atoms with van der Waals surface area (Å²) in [5.74, 6) is 1.94. The minimum Gasteiger partial charge on any atom is -0.472 e. The van der Waals surface area contributed by atoms with Crippen molar-refractivity contribution in [1.82, 2.24) is 24.6 Å². The molecular weight excluding hydrogens is 282 g/mol. The molecule has 0 atom stereocenters. The quantitative estimate of drug-likeness (QED) is 0.710. The lowest BCUT2D eigenvalue weighted by Gasteiger charge is -2.27. The summed E-state index contributed by atoms with van der Waals surface area (Å²) in [6.45, 7) is 5.76. The van der Waals surface area contributed by atoms with E-state index in [1.807, 2.05) is 20.2 Å². The van der Waals surface area contributed by atoms with Gasteiger partial charge < -0.3 is 18.6 Å². The van der Waals surface area contributed by atoms with E-state index >= 15 is 0 Å². The first kappa shape index (κ1) is 15.2. The number of nitrogens with zero attached hydrogens (tertiary/aromatic N) is 5.